The van der Waals surface area contributed by atoms with Crippen LogP contribution in [0.15, 0.2) is 30.5 Å². The van der Waals surface area contributed by atoms with Gasteiger partial charge in [-0.1, -0.05) is 30.4 Å². The normalized spacial score (nSPS) is 20.9. The molecule has 0 bridgehead atoms. The third-order valence-electron chi connectivity index (χ3n) is 6.24. The molecule has 3 heterocycles. The van der Waals surface area contributed by atoms with E-state index in [9.17, 15) is 4.79 Å². The Bertz CT molecular complexity index is 847. The zero-order valence-electron chi connectivity index (χ0n) is 18.0. The number of piperidine rings is 2. The Morgan fingerprint density at radius 3 is 2.87 bits per heavy atom. The number of thiazole rings is 1. The number of rotatable bonds is 6. The number of aromatic nitrogens is 1. The summed E-state index contributed by atoms with van der Waals surface area (Å²) in [5, 5.41) is 3.95. The lowest BCUT2D eigenvalue weighted by molar-refractivity contribution is 0.0954. The first-order valence-electron chi connectivity index (χ1n) is 11.0. The SMILES string of the molecule is COc1cccc(CNC(=O)c2cnc(N3CCC(N4CCC[C@@H](C)C4)CC3)s2)c1. The smallest absolute Gasteiger partial charge is 0.263 e. The van der Waals surface area contributed by atoms with Gasteiger partial charge in [-0.25, -0.2) is 4.98 Å². The topological polar surface area (TPSA) is 57.7 Å². The first kappa shape index (κ1) is 21.1. The lowest BCUT2D eigenvalue weighted by atomic mass is 9.95. The van der Waals surface area contributed by atoms with E-state index >= 15 is 0 Å². The number of methoxy groups -OCH3 is 1. The predicted octanol–water partition coefficient (Wildman–Crippen LogP) is 3.78. The van der Waals surface area contributed by atoms with E-state index in [2.05, 4.69) is 27.0 Å². The second-order valence-corrected chi connectivity index (χ2v) is 9.51. The van der Waals surface area contributed by atoms with Crippen molar-refractivity contribution in [2.75, 3.05) is 38.2 Å². The Morgan fingerprint density at radius 1 is 1.27 bits per heavy atom. The number of carbonyl (C=O) groups excluding carboxylic acids is 1. The number of hydrogen-bond donors (Lipinski definition) is 1. The Balaban J connectivity index is 1.28. The number of carbonyl (C=O) groups is 1. The fourth-order valence-corrected chi connectivity index (χ4v) is 5.43. The van der Waals surface area contributed by atoms with Gasteiger partial charge in [-0.3, -0.25) is 9.69 Å². The zero-order chi connectivity index (χ0) is 20.9. The van der Waals surface area contributed by atoms with Gasteiger partial charge in [0.1, 0.15) is 10.6 Å². The van der Waals surface area contributed by atoms with E-state index in [4.69, 9.17) is 4.74 Å². The van der Waals surface area contributed by atoms with E-state index in [1.54, 1.807) is 13.3 Å². The number of hydrogen-bond acceptors (Lipinski definition) is 6. The van der Waals surface area contributed by atoms with Gasteiger partial charge in [-0.05, 0) is 55.8 Å². The molecule has 2 aliphatic rings. The van der Waals surface area contributed by atoms with Gasteiger partial charge in [0.2, 0.25) is 0 Å². The average Bonchev–Trinajstić information content (AvgIpc) is 3.28. The van der Waals surface area contributed by atoms with Crippen LogP contribution in [0.4, 0.5) is 5.13 Å². The van der Waals surface area contributed by atoms with Gasteiger partial charge in [0, 0.05) is 32.2 Å². The van der Waals surface area contributed by atoms with Crippen LogP contribution >= 0.6 is 11.3 Å². The molecule has 4 rings (SSSR count). The lowest BCUT2D eigenvalue weighted by Gasteiger charge is -2.41. The van der Waals surface area contributed by atoms with E-state index in [-0.39, 0.29) is 5.91 Å². The monoisotopic (exact) mass is 428 g/mol. The molecule has 1 atom stereocenters. The van der Waals surface area contributed by atoms with Crippen molar-refractivity contribution < 1.29 is 9.53 Å². The summed E-state index contributed by atoms with van der Waals surface area (Å²) in [6, 6.07) is 8.45. The van der Waals surface area contributed by atoms with E-state index in [0.29, 0.717) is 17.5 Å². The van der Waals surface area contributed by atoms with Gasteiger partial charge in [-0.2, -0.15) is 0 Å². The number of benzene rings is 1. The van der Waals surface area contributed by atoms with Crippen LogP contribution in [0.2, 0.25) is 0 Å². The van der Waals surface area contributed by atoms with Crippen molar-refractivity contribution in [3.05, 3.63) is 40.9 Å². The summed E-state index contributed by atoms with van der Waals surface area (Å²) in [5.74, 6) is 1.55. The van der Waals surface area contributed by atoms with Crippen LogP contribution in [0.1, 0.15) is 47.8 Å². The van der Waals surface area contributed by atoms with E-state index < -0.39 is 0 Å². The molecule has 2 fully saturated rings. The highest BCUT2D eigenvalue weighted by molar-refractivity contribution is 7.17. The number of nitrogens with zero attached hydrogens (tertiary/aromatic N) is 3. The van der Waals surface area contributed by atoms with Crippen LogP contribution in [0.5, 0.6) is 5.75 Å². The maximum absolute atomic E-state index is 12.6. The van der Waals surface area contributed by atoms with Gasteiger partial charge in [-0.15, -0.1) is 0 Å². The Morgan fingerprint density at radius 2 is 2.10 bits per heavy atom. The Labute approximate surface area is 183 Å². The average molecular weight is 429 g/mol. The predicted molar refractivity (Wildman–Crippen MR) is 121 cm³/mol. The van der Waals surface area contributed by atoms with Gasteiger partial charge in [0.25, 0.3) is 5.91 Å². The molecule has 0 unspecified atom stereocenters. The lowest BCUT2D eigenvalue weighted by Crippen LogP contribution is -2.48. The summed E-state index contributed by atoms with van der Waals surface area (Å²) in [5.41, 5.74) is 1.02. The molecular weight excluding hydrogens is 396 g/mol. The second kappa shape index (κ2) is 9.79. The molecule has 30 heavy (non-hydrogen) atoms. The fraction of sp³-hybridized carbons (Fsp3) is 0.565. The number of amides is 1. The van der Waals surface area contributed by atoms with Crippen molar-refractivity contribution in [3.63, 3.8) is 0 Å². The highest BCUT2D eigenvalue weighted by Crippen LogP contribution is 2.29. The molecule has 0 saturated carbocycles. The zero-order valence-corrected chi connectivity index (χ0v) is 18.8. The van der Waals surface area contributed by atoms with Gasteiger partial charge < -0.3 is 15.0 Å². The number of likely N-dealkylation sites (tertiary alicyclic amines) is 1. The van der Waals surface area contributed by atoms with E-state index in [0.717, 1.165) is 35.5 Å². The third kappa shape index (κ3) is 5.13. The molecule has 0 aliphatic carbocycles. The minimum Gasteiger partial charge on any atom is -0.497 e. The summed E-state index contributed by atoms with van der Waals surface area (Å²) in [4.78, 5) is 22.8. The fourth-order valence-electron chi connectivity index (χ4n) is 4.55. The van der Waals surface area contributed by atoms with E-state index in [1.165, 1.54) is 50.1 Å². The third-order valence-corrected chi connectivity index (χ3v) is 7.30. The molecule has 7 heteroatoms. The second-order valence-electron chi connectivity index (χ2n) is 8.50. The van der Waals surface area contributed by atoms with Crippen molar-refractivity contribution in [2.45, 2.75) is 45.2 Å². The summed E-state index contributed by atoms with van der Waals surface area (Å²) in [7, 11) is 1.65. The Kier molecular flexibility index (Phi) is 6.89. The van der Waals surface area contributed by atoms with Crippen LogP contribution in [-0.4, -0.2) is 55.1 Å². The molecule has 0 spiro atoms. The molecular formula is C23H32N4O2S. The molecule has 2 saturated heterocycles. The first-order valence-corrected chi connectivity index (χ1v) is 11.8. The molecule has 0 radical (unpaired) electrons. The molecule has 1 aromatic heterocycles. The highest BCUT2D eigenvalue weighted by Gasteiger charge is 2.28. The maximum atomic E-state index is 12.6. The van der Waals surface area contributed by atoms with Crippen molar-refractivity contribution in [1.82, 2.24) is 15.2 Å². The Hall–Kier alpha value is -2.12. The number of ether oxygens (including phenoxy) is 1. The molecule has 1 aromatic carbocycles. The summed E-state index contributed by atoms with van der Waals surface area (Å²) in [6.45, 7) is 7.39. The van der Waals surface area contributed by atoms with Crippen molar-refractivity contribution in [1.29, 1.82) is 0 Å². The standard InChI is InChI=1S/C23H32N4O2S/c1-17-5-4-10-27(16-17)19-8-11-26(12-9-19)23-25-15-21(30-23)22(28)24-14-18-6-3-7-20(13-18)29-2/h3,6-7,13,15,17,19H,4-5,8-12,14,16H2,1-2H3,(H,24,28)/t17-/m1/s1. The van der Waals surface area contributed by atoms with Gasteiger partial charge >= 0.3 is 0 Å². The molecule has 1 amide bonds. The van der Waals surface area contributed by atoms with E-state index in [1.807, 2.05) is 24.3 Å². The molecule has 2 aromatic rings. The van der Waals surface area contributed by atoms with Crippen molar-refractivity contribution >= 4 is 22.4 Å². The van der Waals surface area contributed by atoms with Gasteiger partial charge in [0.15, 0.2) is 5.13 Å². The molecule has 1 N–H and O–H groups in total. The molecule has 2 aliphatic heterocycles. The summed E-state index contributed by atoms with van der Waals surface area (Å²) < 4.78 is 5.24. The van der Waals surface area contributed by atoms with Crippen LogP contribution in [-0.2, 0) is 6.54 Å². The maximum Gasteiger partial charge on any atom is 0.263 e. The summed E-state index contributed by atoms with van der Waals surface area (Å²) in [6.07, 6.45) is 6.78. The van der Waals surface area contributed by atoms with Crippen molar-refractivity contribution in [2.24, 2.45) is 5.92 Å². The number of nitrogens with one attached hydrogen (secondary N) is 1. The van der Waals surface area contributed by atoms with Gasteiger partial charge in [0.05, 0.1) is 13.3 Å². The van der Waals surface area contributed by atoms with Crippen LogP contribution < -0.4 is 15.0 Å². The minimum atomic E-state index is -0.0706. The quantitative estimate of drug-likeness (QED) is 0.759. The summed E-state index contributed by atoms with van der Waals surface area (Å²) >= 11 is 1.49. The molecule has 6 nitrogen and oxygen atoms in total. The molecule has 162 valence electrons. The minimum absolute atomic E-state index is 0.0706. The largest absolute Gasteiger partial charge is 0.497 e. The number of anilines is 1. The van der Waals surface area contributed by atoms with Crippen LogP contribution in [0.3, 0.4) is 0 Å². The van der Waals surface area contributed by atoms with Crippen LogP contribution in [0.25, 0.3) is 0 Å². The van der Waals surface area contributed by atoms with Crippen LogP contribution in [0, 0.1) is 5.92 Å². The van der Waals surface area contributed by atoms with Crippen molar-refractivity contribution in [3.8, 4) is 5.75 Å². The highest BCUT2D eigenvalue weighted by atomic mass is 32.1. The first-order chi connectivity index (χ1) is 14.6.